The average Bonchev–Trinajstić information content (AvgIpc) is 2.32. The fourth-order valence-corrected chi connectivity index (χ4v) is 2.08. The second kappa shape index (κ2) is 5.23. The van der Waals surface area contributed by atoms with Crippen LogP contribution in [0.15, 0.2) is 12.1 Å². The van der Waals surface area contributed by atoms with E-state index in [4.69, 9.17) is 16.2 Å². The molecule has 1 aromatic heterocycles. The fraction of sp³-hybridized carbons (Fsp3) is 0.583. The van der Waals surface area contributed by atoms with E-state index in [-0.39, 0.29) is 0 Å². The second-order valence-electron chi connectivity index (χ2n) is 4.57. The van der Waals surface area contributed by atoms with Crippen LogP contribution in [0.25, 0.3) is 0 Å². The van der Waals surface area contributed by atoms with Crippen molar-refractivity contribution in [3.05, 3.63) is 12.1 Å². The molecular weight excluding hydrogens is 216 g/mol. The van der Waals surface area contributed by atoms with Crippen LogP contribution >= 0.6 is 0 Å². The third-order valence-electron chi connectivity index (χ3n) is 3.28. The number of hydrogen-bond donors (Lipinski definition) is 2. The van der Waals surface area contributed by atoms with Crippen LogP contribution in [0.3, 0.4) is 0 Å². The summed E-state index contributed by atoms with van der Waals surface area (Å²) < 4.78 is 5.66. The van der Waals surface area contributed by atoms with E-state index in [2.05, 4.69) is 16.9 Å². The summed E-state index contributed by atoms with van der Waals surface area (Å²) in [5.41, 5.74) is 11.7. The van der Waals surface area contributed by atoms with Gasteiger partial charge in [0.15, 0.2) is 5.82 Å². The number of ether oxygens (including phenoxy) is 1. The number of nitrogens with zero attached hydrogens (tertiary/aromatic N) is 2. The third-order valence-corrected chi connectivity index (χ3v) is 3.28. The number of nitrogen functional groups attached to an aromatic ring is 2. The first-order chi connectivity index (χ1) is 8.16. The van der Waals surface area contributed by atoms with E-state index in [0.29, 0.717) is 30.0 Å². The van der Waals surface area contributed by atoms with E-state index in [0.717, 1.165) is 6.54 Å². The quantitative estimate of drug-likeness (QED) is 0.822. The molecule has 0 aromatic carbocycles. The van der Waals surface area contributed by atoms with Gasteiger partial charge in [-0.1, -0.05) is 6.42 Å². The Balaban J connectivity index is 1.90. The molecule has 1 atom stereocenters. The number of aromatic nitrogens is 1. The Morgan fingerprint density at radius 1 is 1.41 bits per heavy atom. The summed E-state index contributed by atoms with van der Waals surface area (Å²) in [4.78, 5) is 6.43. The minimum absolute atomic E-state index is 0.333. The molecule has 0 bridgehead atoms. The Labute approximate surface area is 102 Å². The van der Waals surface area contributed by atoms with Gasteiger partial charge in [-0.2, -0.15) is 4.98 Å². The number of piperidine rings is 1. The van der Waals surface area contributed by atoms with Crippen LogP contribution in [-0.4, -0.2) is 36.1 Å². The fourth-order valence-electron chi connectivity index (χ4n) is 2.08. The zero-order valence-corrected chi connectivity index (χ0v) is 10.2. The Hall–Kier alpha value is -1.49. The predicted octanol–water partition coefficient (Wildman–Crippen LogP) is 1.11. The van der Waals surface area contributed by atoms with Gasteiger partial charge in [-0.15, -0.1) is 0 Å². The van der Waals surface area contributed by atoms with E-state index in [9.17, 15) is 0 Å². The highest BCUT2D eigenvalue weighted by Crippen LogP contribution is 2.19. The van der Waals surface area contributed by atoms with Gasteiger partial charge >= 0.3 is 0 Å². The van der Waals surface area contributed by atoms with Gasteiger partial charge in [-0.3, -0.25) is 0 Å². The zero-order chi connectivity index (χ0) is 12.3. The van der Waals surface area contributed by atoms with Crippen molar-refractivity contribution in [2.24, 2.45) is 0 Å². The summed E-state index contributed by atoms with van der Waals surface area (Å²) in [6.45, 7) is 1.80. The number of pyridine rings is 1. The van der Waals surface area contributed by atoms with Gasteiger partial charge in [0.2, 0.25) is 5.88 Å². The lowest BCUT2D eigenvalue weighted by Gasteiger charge is -2.31. The number of likely N-dealkylation sites (N-methyl/N-ethyl adjacent to an activating group) is 1. The van der Waals surface area contributed by atoms with Crippen molar-refractivity contribution in [1.29, 1.82) is 0 Å². The van der Waals surface area contributed by atoms with Gasteiger partial charge in [-0.05, 0) is 32.5 Å². The molecule has 5 nitrogen and oxygen atoms in total. The summed E-state index contributed by atoms with van der Waals surface area (Å²) in [7, 11) is 2.14. The highest BCUT2D eigenvalue weighted by molar-refractivity contribution is 5.58. The van der Waals surface area contributed by atoms with Gasteiger partial charge in [0, 0.05) is 12.1 Å². The summed E-state index contributed by atoms with van der Waals surface area (Å²) in [6.07, 6.45) is 3.73. The van der Waals surface area contributed by atoms with Crippen molar-refractivity contribution >= 4 is 11.5 Å². The second-order valence-corrected chi connectivity index (χ2v) is 4.57. The molecular formula is C12H20N4O. The lowest BCUT2D eigenvalue weighted by molar-refractivity contribution is 0.123. The molecule has 17 heavy (non-hydrogen) atoms. The first kappa shape index (κ1) is 12.0. The van der Waals surface area contributed by atoms with Crippen LogP contribution in [-0.2, 0) is 0 Å². The van der Waals surface area contributed by atoms with Crippen molar-refractivity contribution in [3.8, 4) is 5.88 Å². The molecule has 0 aliphatic carbocycles. The first-order valence-electron chi connectivity index (χ1n) is 6.02. The number of anilines is 2. The molecule has 5 heteroatoms. The van der Waals surface area contributed by atoms with Crippen LogP contribution in [0, 0.1) is 0 Å². The summed E-state index contributed by atoms with van der Waals surface area (Å²) >= 11 is 0. The number of nitrogens with two attached hydrogens (primary N) is 2. The Morgan fingerprint density at radius 3 is 2.94 bits per heavy atom. The van der Waals surface area contributed by atoms with Gasteiger partial charge in [-0.25, -0.2) is 0 Å². The summed E-state index contributed by atoms with van der Waals surface area (Å²) in [6, 6.07) is 3.96. The number of likely N-dealkylation sites (tertiary alicyclic amines) is 1. The lowest BCUT2D eigenvalue weighted by Crippen LogP contribution is -2.40. The molecule has 94 valence electrons. The lowest BCUT2D eigenvalue weighted by atomic mass is 10.0. The van der Waals surface area contributed by atoms with Crippen LogP contribution in [0.2, 0.25) is 0 Å². The zero-order valence-electron chi connectivity index (χ0n) is 10.2. The predicted molar refractivity (Wildman–Crippen MR) is 68.8 cm³/mol. The normalized spacial score (nSPS) is 21.4. The molecule has 4 N–H and O–H groups in total. The molecule has 1 aliphatic rings. The van der Waals surface area contributed by atoms with Crippen molar-refractivity contribution in [3.63, 3.8) is 0 Å². The van der Waals surface area contributed by atoms with Crippen LogP contribution in [0.4, 0.5) is 11.5 Å². The van der Waals surface area contributed by atoms with E-state index in [1.54, 1.807) is 12.1 Å². The van der Waals surface area contributed by atoms with Crippen molar-refractivity contribution in [1.82, 2.24) is 9.88 Å². The molecule has 1 saturated heterocycles. The summed E-state index contributed by atoms with van der Waals surface area (Å²) in [5.74, 6) is 0.884. The third kappa shape index (κ3) is 3.00. The average molecular weight is 236 g/mol. The molecule has 0 radical (unpaired) electrons. The highest BCUT2D eigenvalue weighted by Gasteiger charge is 2.19. The van der Waals surface area contributed by atoms with Gasteiger partial charge < -0.3 is 21.1 Å². The Kier molecular flexibility index (Phi) is 3.68. The molecule has 1 unspecified atom stereocenters. The number of hydrogen-bond acceptors (Lipinski definition) is 5. The minimum Gasteiger partial charge on any atom is -0.476 e. The largest absolute Gasteiger partial charge is 0.476 e. The minimum atomic E-state index is 0.333. The Bertz CT molecular complexity index is 383. The maximum Gasteiger partial charge on any atom is 0.215 e. The standard InChI is InChI=1S/C12H20N4O/c1-16-7-3-2-4-9(16)8-17-11-6-5-10(13)12(14)15-11/h5-6,9H,2-4,7-8,13H2,1H3,(H2,14,15). The van der Waals surface area contributed by atoms with Gasteiger partial charge in [0.05, 0.1) is 5.69 Å². The SMILES string of the molecule is CN1CCCCC1COc1ccc(N)c(N)n1. The smallest absolute Gasteiger partial charge is 0.215 e. The molecule has 0 amide bonds. The molecule has 1 aromatic rings. The topological polar surface area (TPSA) is 77.4 Å². The van der Waals surface area contributed by atoms with E-state index >= 15 is 0 Å². The molecule has 1 aliphatic heterocycles. The molecule has 1 fully saturated rings. The molecule has 0 saturated carbocycles. The molecule has 2 heterocycles. The summed E-state index contributed by atoms with van der Waals surface area (Å²) in [5, 5.41) is 0. The van der Waals surface area contributed by atoms with Crippen molar-refractivity contribution in [2.75, 3.05) is 31.7 Å². The van der Waals surface area contributed by atoms with Crippen molar-refractivity contribution in [2.45, 2.75) is 25.3 Å². The van der Waals surface area contributed by atoms with Crippen LogP contribution < -0.4 is 16.2 Å². The van der Waals surface area contributed by atoms with E-state index < -0.39 is 0 Å². The van der Waals surface area contributed by atoms with Crippen molar-refractivity contribution < 1.29 is 4.74 Å². The van der Waals surface area contributed by atoms with Gasteiger partial charge in [0.1, 0.15) is 6.61 Å². The van der Waals surface area contributed by atoms with E-state index in [1.807, 2.05) is 0 Å². The van der Waals surface area contributed by atoms with Crippen LogP contribution in [0.5, 0.6) is 5.88 Å². The maximum atomic E-state index is 5.66. The maximum absolute atomic E-state index is 5.66. The van der Waals surface area contributed by atoms with Crippen LogP contribution in [0.1, 0.15) is 19.3 Å². The monoisotopic (exact) mass is 236 g/mol. The molecule has 0 spiro atoms. The van der Waals surface area contributed by atoms with Gasteiger partial charge in [0.25, 0.3) is 0 Å². The highest BCUT2D eigenvalue weighted by atomic mass is 16.5. The Morgan fingerprint density at radius 2 is 2.24 bits per heavy atom. The van der Waals surface area contributed by atoms with E-state index in [1.165, 1.54) is 19.3 Å². The molecule has 2 rings (SSSR count). The number of rotatable bonds is 3. The first-order valence-corrected chi connectivity index (χ1v) is 6.02.